The van der Waals surface area contributed by atoms with E-state index < -0.39 is 0 Å². The lowest BCUT2D eigenvalue weighted by Gasteiger charge is -2.11. The number of nitrogens with zero attached hydrogens (tertiary/aromatic N) is 6. The number of benzene rings is 2. The fourth-order valence-electron chi connectivity index (χ4n) is 3.66. The summed E-state index contributed by atoms with van der Waals surface area (Å²) in [4.78, 5) is 21.3. The van der Waals surface area contributed by atoms with Gasteiger partial charge in [-0.3, -0.25) is 0 Å². The largest absolute Gasteiger partial charge is 0.635 e. The molecule has 0 saturated heterocycles. The molecule has 0 radical (unpaired) electrons. The van der Waals surface area contributed by atoms with Crippen LogP contribution in [0.5, 0.6) is 11.5 Å². The maximum absolute atomic E-state index is 8.39. The van der Waals surface area contributed by atoms with E-state index in [4.69, 9.17) is 34.8 Å². The minimum atomic E-state index is 0.631. The second kappa shape index (κ2) is 11.7. The van der Waals surface area contributed by atoms with Crippen molar-refractivity contribution in [3.05, 3.63) is 75.3 Å². The highest BCUT2D eigenvalue weighted by molar-refractivity contribution is 7.14. The van der Waals surface area contributed by atoms with E-state index in [1.165, 1.54) is 5.34 Å². The van der Waals surface area contributed by atoms with Crippen molar-refractivity contribution in [1.29, 1.82) is 0 Å². The topological polar surface area (TPSA) is 128 Å². The maximum atomic E-state index is 8.39. The molecule has 2 aromatic carbocycles. The van der Waals surface area contributed by atoms with Gasteiger partial charge in [0, 0.05) is 16.7 Å². The molecule has 0 N–H and O–H groups in total. The van der Waals surface area contributed by atoms with Crippen molar-refractivity contribution < 1.29 is 24.5 Å². The molecule has 190 valence electrons. The number of tetrazole rings is 1. The van der Waals surface area contributed by atoms with Gasteiger partial charge in [0.15, 0.2) is 17.2 Å². The quantitative estimate of drug-likeness (QED) is 0.132. The van der Waals surface area contributed by atoms with E-state index in [0.717, 1.165) is 37.4 Å². The Morgan fingerprint density at radius 1 is 1.05 bits per heavy atom. The van der Waals surface area contributed by atoms with Crippen LogP contribution in [-0.4, -0.2) is 34.2 Å². The predicted octanol–water partition coefficient (Wildman–Crippen LogP) is 3.99. The standard InChI is InChI=1S/C24H22N5O2S2.HNO3/c1-15-13-18(14-19(30-3)22(15)31-4)28-26-23(20-11-8-12-32-20)27-29(28)24-25-21(16(2)33-24)17-9-6-5-7-10-17;2-1-4-3/h5-14H,1-4H3;3H/q+1;/p-1. The summed E-state index contributed by atoms with van der Waals surface area (Å²) >= 11 is 3.18. The minimum absolute atomic E-state index is 0.631. The third-order valence-corrected chi connectivity index (χ3v) is 7.02. The van der Waals surface area contributed by atoms with Crippen LogP contribution in [0.1, 0.15) is 10.4 Å². The summed E-state index contributed by atoms with van der Waals surface area (Å²) in [6.45, 7) is 4.05. The first-order valence-electron chi connectivity index (χ1n) is 10.8. The summed E-state index contributed by atoms with van der Waals surface area (Å²) < 4.78 is 11.1. The van der Waals surface area contributed by atoms with E-state index in [0.29, 0.717) is 17.3 Å². The fraction of sp³-hybridized carbons (Fsp3) is 0.167. The van der Waals surface area contributed by atoms with Crippen LogP contribution in [0.25, 0.3) is 32.8 Å². The van der Waals surface area contributed by atoms with E-state index in [-0.39, 0.29) is 0 Å². The van der Waals surface area contributed by atoms with E-state index in [9.17, 15) is 0 Å². The second-order valence-corrected chi connectivity index (χ2v) is 9.62. The molecule has 11 nitrogen and oxygen atoms in total. The SMILES string of the molecule is COc1cc(-n2nc(-c3cccs3)n[n+]2-c2nc(-c3ccccc3)c(C)s2)cc(C)c1OC.O=NO[O-]. The van der Waals surface area contributed by atoms with Crippen LogP contribution >= 0.6 is 22.7 Å². The number of thiazole rings is 1. The molecular weight excluding hydrogens is 516 g/mol. The molecule has 0 saturated carbocycles. The molecule has 0 spiro atoms. The average Bonchev–Trinajstić information content (AvgIpc) is 3.68. The Morgan fingerprint density at radius 3 is 2.43 bits per heavy atom. The van der Waals surface area contributed by atoms with Gasteiger partial charge in [0.25, 0.3) is 0 Å². The Balaban J connectivity index is 0.000000747. The van der Waals surface area contributed by atoms with Crippen LogP contribution in [0, 0.1) is 18.8 Å². The predicted molar refractivity (Wildman–Crippen MR) is 137 cm³/mol. The van der Waals surface area contributed by atoms with Crippen molar-refractivity contribution in [2.45, 2.75) is 13.8 Å². The van der Waals surface area contributed by atoms with Gasteiger partial charge in [-0.2, -0.15) is 0 Å². The smallest absolute Gasteiger partial charge is 0.365 e. The lowest BCUT2D eigenvalue weighted by Crippen LogP contribution is -2.43. The monoisotopic (exact) mass is 538 g/mol. The molecule has 3 heterocycles. The normalized spacial score (nSPS) is 10.4. The number of aryl methyl sites for hydroxylation is 2. The summed E-state index contributed by atoms with van der Waals surface area (Å²) in [5.41, 5.74) is 3.75. The Labute approximate surface area is 220 Å². The van der Waals surface area contributed by atoms with Crippen LogP contribution in [0.3, 0.4) is 0 Å². The van der Waals surface area contributed by atoms with E-state index in [1.54, 1.807) is 46.5 Å². The summed E-state index contributed by atoms with van der Waals surface area (Å²) in [6, 6.07) is 18.1. The maximum Gasteiger partial charge on any atom is 0.365 e. The molecule has 0 aliphatic heterocycles. The Bertz CT molecular complexity index is 1490. The number of ether oxygens (including phenoxy) is 2. The lowest BCUT2D eigenvalue weighted by molar-refractivity contribution is -0.734. The Morgan fingerprint density at radius 2 is 1.81 bits per heavy atom. The van der Waals surface area contributed by atoms with Crippen molar-refractivity contribution in [2.24, 2.45) is 5.34 Å². The summed E-state index contributed by atoms with van der Waals surface area (Å²) in [7, 11) is 3.27. The molecule has 37 heavy (non-hydrogen) atoms. The molecule has 0 bridgehead atoms. The zero-order valence-corrected chi connectivity index (χ0v) is 21.9. The van der Waals surface area contributed by atoms with Gasteiger partial charge in [-0.15, -0.1) is 16.2 Å². The molecule has 5 aromatic rings. The first kappa shape index (κ1) is 25.9. The Kier molecular flexibility index (Phi) is 8.18. The van der Waals surface area contributed by atoms with Crippen LogP contribution in [0.2, 0.25) is 0 Å². The molecule has 0 aliphatic rings. The first-order valence-corrected chi connectivity index (χ1v) is 12.5. The molecule has 0 amide bonds. The van der Waals surface area contributed by atoms with E-state index in [2.05, 4.69) is 24.0 Å². The van der Waals surface area contributed by atoms with E-state index >= 15 is 0 Å². The van der Waals surface area contributed by atoms with Gasteiger partial charge in [-0.25, -0.2) is 0 Å². The number of methoxy groups -OCH3 is 2. The molecule has 13 heteroatoms. The minimum Gasteiger partial charge on any atom is -0.635 e. The third kappa shape index (κ3) is 5.48. The number of hydrogen-bond donors (Lipinski definition) is 0. The number of rotatable bonds is 7. The average molecular weight is 539 g/mol. The first-order chi connectivity index (χ1) is 18.0. The fourth-order valence-corrected chi connectivity index (χ4v) is 5.18. The highest BCUT2D eigenvalue weighted by Crippen LogP contribution is 2.33. The lowest BCUT2D eigenvalue weighted by atomic mass is 10.1. The molecule has 0 aliphatic carbocycles. The molecular formula is C24H22N6O5S2. The van der Waals surface area contributed by atoms with Crippen molar-refractivity contribution in [1.82, 2.24) is 20.0 Å². The van der Waals surface area contributed by atoms with Gasteiger partial charge in [0.2, 0.25) is 0 Å². The third-order valence-electron chi connectivity index (χ3n) is 5.21. The van der Waals surface area contributed by atoms with Crippen LogP contribution in [0.15, 0.2) is 65.3 Å². The molecule has 0 unspecified atom stereocenters. The second-order valence-electron chi connectivity index (χ2n) is 7.49. The van der Waals surface area contributed by atoms with Crippen LogP contribution in [0.4, 0.5) is 0 Å². The summed E-state index contributed by atoms with van der Waals surface area (Å²) in [6.07, 6.45) is 0. The molecule has 5 rings (SSSR count). The molecule has 3 aromatic heterocycles. The number of hydrogen-bond acceptors (Lipinski definition) is 11. The van der Waals surface area contributed by atoms with Gasteiger partial charge >= 0.3 is 11.0 Å². The Hall–Kier alpha value is -4.20. The number of aromatic nitrogens is 5. The summed E-state index contributed by atoms with van der Waals surface area (Å²) in [5.74, 6) is 1.96. The van der Waals surface area contributed by atoms with Gasteiger partial charge in [-0.1, -0.05) is 52.7 Å². The van der Waals surface area contributed by atoms with Gasteiger partial charge in [-0.05, 0) is 51.6 Å². The van der Waals surface area contributed by atoms with Gasteiger partial charge < -0.3 is 19.7 Å². The van der Waals surface area contributed by atoms with Crippen LogP contribution in [-0.2, 0) is 4.99 Å². The van der Waals surface area contributed by atoms with E-state index in [1.807, 2.05) is 54.8 Å². The van der Waals surface area contributed by atoms with Gasteiger partial charge in [0.1, 0.15) is 11.0 Å². The van der Waals surface area contributed by atoms with Crippen molar-refractivity contribution in [3.8, 4) is 44.3 Å². The highest BCUT2D eigenvalue weighted by Gasteiger charge is 2.27. The number of thiophene rings is 1. The highest BCUT2D eigenvalue weighted by atomic mass is 32.1. The molecule has 0 atom stereocenters. The zero-order chi connectivity index (χ0) is 26.4. The van der Waals surface area contributed by atoms with Crippen molar-refractivity contribution >= 4 is 22.7 Å². The van der Waals surface area contributed by atoms with Crippen molar-refractivity contribution in [3.63, 3.8) is 0 Å². The van der Waals surface area contributed by atoms with Gasteiger partial charge in [0.05, 0.1) is 24.0 Å². The molecule has 0 fully saturated rings. The summed E-state index contributed by atoms with van der Waals surface area (Å²) in [5, 5.41) is 22.2. The van der Waals surface area contributed by atoms with Crippen LogP contribution < -0.4 is 19.5 Å². The van der Waals surface area contributed by atoms with Crippen molar-refractivity contribution in [2.75, 3.05) is 14.2 Å². The zero-order valence-electron chi connectivity index (χ0n) is 20.3.